The van der Waals surface area contributed by atoms with Gasteiger partial charge in [-0.05, 0) is 62.2 Å². The van der Waals surface area contributed by atoms with Gasteiger partial charge in [0.1, 0.15) is 5.76 Å². The van der Waals surface area contributed by atoms with Crippen molar-refractivity contribution in [2.24, 2.45) is 0 Å². The minimum Gasteiger partial charge on any atom is -0.449 e. The first-order chi connectivity index (χ1) is 14.9. The second-order valence-corrected chi connectivity index (χ2v) is 7.57. The van der Waals surface area contributed by atoms with Crippen LogP contribution in [0.5, 0.6) is 5.75 Å². The summed E-state index contributed by atoms with van der Waals surface area (Å²) in [5, 5.41) is 10.2. The third kappa shape index (κ3) is 4.62. The number of aryl methyl sites for hydroxylation is 2. The van der Waals surface area contributed by atoms with Crippen molar-refractivity contribution < 1.29 is 18.8 Å². The molecular weight excluding hydrogens is 418 g/mol. The summed E-state index contributed by atoms with van der Waals surface area (Å²) in [6, 6.07) is 12.0. The van der Waals surface area contributed by atoms with E-state index in [9.17, 15) is 9.59 Å². The van der Waals surface area contributed by atoms with Crippen LogP contribution < -0.4 is 15.4 Å². The Balaban J connectivity index is 1.43. The maximum absolute atomic E-state index is 12.5. The van der Waals surface area contributed by atoms with Crippen molar-refractivity contribution in [2.75, 3.05) is 11.9 Å². The maximum atomic E-state index is 12.5. The summed E-state index contributed by atoms with van der Waals surface area (Å²) in [4.78, 5) is 24.9. The number of ether oxygens (including phenoxy) is 1. The van der Waals surface area contributed by atoms with Crippen LogP contribution in [-0.2, 0) is 11.2 Å². The van der Waals surface area contributed by atoms with Crippen molar-refractivity contribution >= 4 is 35.2 Å². The second-order valence-electron chi connectivity index (χ2n) is 7.14. The predicted octanol–water partition coefficient (Wildman–Crippen LogP) is 4.29. The molecule has 0 spiro atoms. The Kier molecular flexibility index (Phi) is 5.77. The number of hydrogen-bond donors (Lipinski definition) is 2. The standard InChI is InChI=1S/C23H20ClN3O4/c1-13-18(14(2)31-27-13)9-10-25-22(28)16-5-8-20-19(12-16)26-23(29)21(30-20)11-15-3-6-17(24)7-4-15/h3-8,11-12H,9-10H2,1-2H3,(H,25,28)(H,26,29)/b21-11-. The fourth-order valence-corrected chi connectivity index (χ4v) is 3.40. The van der Waals surface area contributed by atoms with Gasteiger partial charge in [0.05, 0.1) is 11.4 Å². The molecule has 0 radical (unpaired) electrons. The Labute approximate surface area is 184 Å². The van der Waals surface area contributed by atoms with Crippen LogP contribution >= 0.6 is 11.6 Å². The molecule has 1 aromatic heterocycles. The van der Waals surface area contributed by atoms with Crippen LogP contribution in [0.15, 0.2) is 52.7 Å². The molecule has 8 heteroatoms. The minimum absolute atomic E-state index is 0.159. The second kappa shape index (κ2) is 8.65. The molecule has 7 nitrogen and oxygen atoms in total. The van der Waals surface area contributed by atoms with E-state index in [-0.39, 0.29) is 11.7 Å². The van der Waals surface area contributed by atoms with E-state index >= 15 is 0 Å². The molecule has 31 heavy (non-hydrogen) atoms. The van der Waals surface area contributed by atoms with Crippen LogP contribution in [0.1, 0.15) is 32.9 Å². The highest BCUT2D eigenvalue weighted by Crippen LogP contribution is 2.32. The molecule has 2 heterocycles. The highest BCUT2D eigenvalue weighted by atomic mass is 35.5. The van der Waals surface area contributed by atoms with Gasteiger partial charge in [0, 0.05) is 22.7 Å². The van der Waals surface area contributed by atoms with Crippen LogP contribution in [0.4, 0.5) is 5.69 Å². The third-order valence-electron chi connectivity index (χ3n) is 4.94. The number of benzene rings is 2. The van der Waals surface area contributed by atoms with Gasteiger partial charge in [0.25, 0.3) is 11.8 Å². The zero-order chi connectivity index (χ0) is 22.0. The average Bonchev–Trinajstić information content (AvgIpc) is 3.07. The molecule has 0 atom stereocenters. The first-order valence-electron chi connectivity index (χ1n) is 9.71. The topological polar surface area (TPSA) is 93.5 Å². The van der Waals surface area contributed by atoms with Crippen LogP contribution in [0.2, 0.25) is 5.02 Å². The summed E-state index contributed by atoms with van der Waals surface area (Å²) in [5.41, 5.74) is 3.46. The van der Waals surface area contributed by atoms with Crippen molar-refractivity contribution in [2.45, 2.75) is 20.3 Å². The van der Waals surface area contributed by atoms with Crippen molar-refractivity contribution in [1.82, 2.24) is 10.5 Å². The lowest BCUT2D eigenvalue weighted by atomic mass is 10.1. The van der Waals surface area contributed by atoms with E-state index in [1.807, 2.05) is 13.8 Å². The largest absolute Gasteiger partial charge is 0.449 e. The normalized spacial score (nSPS) is 14.0. The number of halogens is 1. The Morgan fingerprint density at radius 3 is 2.68 bits per heavy atom. The van der Waals surface area contributed by atoms with Gasteiger partial charge in [0.15, 0.2) is 11.5 Å². The van der Waals surface area contributed by atoms with Crippen molar-refractivity contribution in [3.05, 3.63) is 81.4 Å². The van der Waals surface area contributed by atoms with Gasteiger partial charge in [-0.1, -0.05) is 28.9 Å². The van der Waals surface area contributed by atoms with Crippen molar-refractivity contribution in [3.63, 3.8) is 0 Å². The summed E-state index contributed by atoms with van der Waals surface area (Å²) < 4.78 is 10.9. The number of amides is 2. The fraction of sp³-hybridized carbons (Fsp3) is 0.174. The van der Waals surface area contributed by atoms with Gasteiger partial charge >= 0.3 is 0 Å². The van der Waals surface area contributed by atoms with E-state index in [1.54, 1.807) is 48.5 Å². The van der Waals surface area contributed by atoms with Crippen molar-refractivity contribution in [3.8, 4) is 5.75 Å². The zero-order valence-electron chi connectivity index (χ0n) is 17.0. The van der Waals surface area contributed by atoms with E-state index in [0.29, 0.717) is 35.0 Å². The first kappa shape index (κ1) is 20.7. The molecule has 0 fully saturated rings. The van der Waals surface area contributed by atoms with Crippen LogP contribution in [0.25, 0.3) is 6.08 Å². The van der Waals surface area contributed by atoms with Gasteiger partial charge in [-0.2, -0.15) is 0 Å². The number of fused-ring (bicyclic) bond motifs is 1. The molecule has 1 aliphatic rings. The van der Waals surface area contributed by atoms with Crippen LogP contribution in [0.3, 0.4) is 0 Å². The van der Waals surface area contributed by atoms with Gasteiger partial charge in [-0.25, -0.2) is 0 Å². The average molecular weight is 438 g/mol. The van der Waals surface area contributed by atoms with Gasteiger partial charge in [-0.3, -0.25) is 9.59 Å². The van der Waals surface area contributed by atoms with E-state index in [2.05, 4.69) is 15.8 Å². The number of nitrogens with one attached hydrogen (secondary N) is 2. The molecule has 0 bridgehead atoms. The number of nitrogens with zero attached hydrogens (tertiary/aromatic N) is 1. The van der Waals surface area contributed by atoms with Gasteiger partial charge < -0.3 is 19.9 Å². The summed E-state index contributed by atoms with van der Waals surface area (Å²) in [6.07, 6.45) is 2.25. The molecule has 2 N–H and O–H groups in total. The summed E-state index contributed by atoms with van der Waals surface area (Å²) >= 11 is 5.89. The number of anilines is 1. The molecule has 3 aromatic rings. The monoisotopic (exact) mass is 437 g/mol. The Morgan fingerprint density at radius 2 is 1.97 bits per heavy atom. The molecule has 1 aliphatic heterocycles. The van der Waals surface area contributed by atoms with Crippen LogP contribution in [0, 0.1) is 13.8 Å². The lowest BCUT2D eigenvalue weighted by molar-refractivity contribution is -0.115. The number of rotatable bonds is 5. The maximum Gasteiger partial charge on any atom is 0.291 e. The summed E-state index contributed by atoms with van der Waals surface area (Å²) in [7, 11) is 0. The van der Waals surface area contributed by atoms with E-state index in [4.69, 9.17) is 20.9 Å². The SMILES string of the molecule is Cc1noc(C)c1CCNC(=O)c1ccc2c(c1)NC(=O)/C(=C/c1ccc(Cl)cc1)O2. The quantitative estimate of drug-likeness (QED) is 0.581. The van der Waals surface area contributed by atoms with Crippen molar-refractivity contribution in [1.29, 1.82) is 0 Å². The zero-order valence-corrected chi connectivity index (χ0v) is 17.7. The molecule has 0 saturated heterocycles. The van der Waals surface area contributed by atoms with Crippen LogP contribution in [-0.4, -0.2) is 23.5 Å². The summed E-state index contributed by atoms with van der Waals surface area (Å²) in [6.45, 7) is 4.16. The van der Waals surface area contributed by atoms with E-state index in [1.165, 1.54) is 0 Å². The lowest BCUT2D eigenvalue weighted by Crippen LogP contribution is -2.27. The molecule has 0 unspecified atom stereocenters. The summed E-state index contributed by atoms with van der Waals surface area (Å²) in [5.74, 6) is 0.742. The molecule has 2 aromatic carbocycles. The number of aromatic nitrogens is 1. The first-order valence-corrected chi connectivity index (χ1v) is 10.1. The lowest BCUT2D eigenvalue weighted by Gasteiger charge is -2.20. The predicted molar refractivity (Wildman–Crippen MR) is 117 cm³/mol. The highest BCUT2D eigenvalue weighted by molar-refractivity contribution is 6.30. The molecule has 0 aliphatic carbocycles. The molecule has 158 valence electrons. The minimum atomic E-state index is -0.390. The highest BCUT2D eigenvalue weighted by Gasteiger charge is 2.23. The third-order valence-corrected chi connectivity index (χ3v) is 5.20. The molecular formula is C23H20ClN3O4. The Hall–Kier alpha value is -3.58. The Bertz CT molecular complexity index is 1160. The van der Waals surface area contributed by atoms with Gasteiger partial charge in [-0.15, -0.1) is 0 Å². The fourth-order valence-electron chi connectivity index (χ4n) is 3.27. The van der Waals surface area contributed by atoms with Gasteiger partial charge in [0.2, 0.25) is 0 Å². The van der Waals surface area contributed by atoms with E-state index in [0.717, 1.165) is 22.6 Å². The molecule has 0 saturated carbocycles. The number of carbonyl (C=O) groups is 2. The molecule has 4 rings (SSSR count). The van der Waals surface area contributed by atoms with E-state index < -0.39 is 5.91 Å². The number of carbonyl (C=O) groups excluding carboxylic acids is 2. The smallest absolute Gasteiger partial charge is 0.291 e. The molecule has 2 amide bonds. The Morgan fingerprint density at radius 1 is 1.19 bits per heavy atom. The number of hydrogen-bond acceptors (Lipinski definition) is 5.